The van der Waals surface area contributed by atoms with Crippen molar-refractivity contribution in [1.29, 1.82) is 5.26 Å². The molecule has 0 aliphatic heterocycles. The lowest BCUT2D eigenvalue weighted by Crippen LogP contribution is -2.06. The van der Waals surface area contributed by atoms with Gasteiger partial charge in [-0.15, -0.1) is 0 Å². The van der Waals surface area contributed by atoms with Crippen LogP contribution >= 0.6 is 20.7 Å². The van der Waals surface area contributed by atoms with E-state index >= 15 is 0 Å². The normalized spacial score (nSPS) is 11.1. The molecule has 0 saturated heterocycles. The van der Waals surface area contributed by atoms with E-state index in [-0.39, 0.29) is 27.9 Å². The molecule has 0 aliphatic carbocycles. The fraction of sp³-hybridized carbons (Fsp3) is 0.0526. The first-order valence-corrected chi connectivity index (χ1v) is 10.2. The molecule has 27 heavy (non-hydrogen) atoms. The Morgan fingerprint density at radius 1 is 1.22 bits per heavy atom. The van der Waals surface area contributed by atoms with Crippen LogP contribution in [0.3, 0.4) is 0 Å². The maximum absolute atomic E-state index is 14.3. The fourth-order valence-electron chi connectivity index (χ4n) is 2.55. The summed E-state index contributed by atoms with van der Waals surface area (Å²) in [5.74, 6) is -1.06. The van der Waals surface area contributed by atoms with Crippen LogP contribution in [0.25, 0.3) is 16.9 Å². The first kappa shape index (κ1) is 18.8. The fourth-order valence-corrected chi connectivity index (χ4v) is 3.43. The maximum Gasteiger partial charge on any atom is 0.335 e. The minimum atomic E-state index is -3.05. The summed E-state index contributed by atoms with van der Waals surface area (Å²) in [5.41, 5.74) is 0.891. The van der Waals surface area contributed by atoms with Gasteiger partial charge in [-0.2, -0.15) is 19.1 Å². The molecule has 3 rings (SSSR count). The number of halogens is 3. The van der Waals surface area contributed by atoms with Gasteiger partial charge >= 0.3 is 9.90 Å². The lowest BCUT2D eigenvalue weighted by molar-refractivity contribution is 0.0697. The molecule has 0 amide bonds. The second-order valence-electron chi connectivity index (χ2n) is 5.48. The minimum absolute atomic E-state index is 0.107. The average molecular weight is 479 g/mol. The molecule has 8 heteroatoms. The van der Waals surface area contributed by atoms with E-state index in [9.17, 15) is 18.8 Å². The zero-order chi connectivity index (χ0) is 19.6. The summed E-state index contributed by atoms with van der Waals surface area (Å²) in [6.45, 7) is 0. The summed E-state index contributed by atoms with van der Waals surface area (Å²) in [4.78, 5) is 11.0. The lowest BCUT2D eigenvalue weighted by Gasteiger charge is -2.14. The molecule has 0 atom stereocenters. The number of aromatic nitrogens is 2. The minimum Gasteiger partial charge on any atom is -0.478 e. The third kappa shape index (κ3) is 3.64. The number of hydrogen-bond donors (Lipinski definition) is 1. The van der Waals surface area contributed by atoms with Gasteiger partial charge in [0, 0.05) is 17.3 Å². The Bertz CT molecular complexity index is 1070. The average Bonchev–Trinajstić information content (AvgIpc) is 3.12. The van der Waals surface area contributed by atoms with Crippen molar-refractivity contribution in [2.24, 2.45) is 0 Å². The van der Waals surface area contributed by atoms with E-state index in [1.165, 1.54) is 53.3 Å². The van der Waals surface area contributed by atoms with Gasteiger partial charge in [-0.1, -0.05) is 28.8 Å². The molecule has 3 aromatic rings. The van der Waals surface area contributed by atoms with E-state index in [0.29, 0.717) is 5.69 Å². The summed E-state index contributed by atoms with van der Waals surface area (Å²) in [7, 11) is 0. The number of rotatable bonds is 5. The smallest absolute Gasteiger partial charge is 0.335 e. The molecular weight excluding hydrogens is 467 g/mol. The number of aromatic carboxylic acids is 1. The van der Waals surface area contributed by atoms with Gasteiger partial charge in [0.05, 0.1) is 16.8 Å². The highest BCUT2D eigenvalue weighted by atomic mass is 127. The van der Waals surface area contributed by atoms with Gasteiger partial charge in [0.2, 0.25) is 0 Å². The zero-order valence-electron chi connectivity index (χ0n) is 13.7. The molecule has 0 fully saturated rings. The van der Waals surface area contributed by atoms with Crippen molar-refractivity contribution in [2.45, 2.75) is 3.93 Å². The van der Waals surface area contributed by atoms with E-state index in [2.05, 4.69) is 9.61 Å². The molecule has 0 aliphatic rings. The monoisotopic (exact) mass is 479 g/mol. The van der Waals surface area contributed by atoms with Crippen LogP contribution in [0.15, 0.2) is 54.7 Å². The third-order valence-electron chi connectivity index (χ3n) is 3.87. The number of nitriles is 1. The van der Waals surface area contributed by atoms with Crippen molar-refractivity contribution in [3.05, 3.63) is 71.4 Å². The van der Waals surface area contributed by atoms with E-state index in [4.69, 9.17) is 5.11 Å². The van der Waals surface area contributed by atoms with Crippen LogP contribution in [-0.2, 0) is 3.93 Å². The molecule has 0 unspecified atom stereocenters. The van der Waals surface area contributed by atoms with Gasteiger partial charge in [0.15, 0.2) is 0 Å². The van der Waals surface area contributed by atoms with E-state index < -0.39 is 30.6 Å². The SMILES string of the molecule is C=IC(F)(F)c1ccccc1-c1nn(-c2ccc(C(=O)O)cc2)cc1C#N. The molecule has 5 nitrogen and oxygen atoms in total. The van der Waals surface area contributed by atoms with Crippen LogP contribution in [0.2, 0.25) is 0 Å². The molecular formula is C19H12F2IN3O2. The number of carboxylic acid groups (broad SMARTS) is 1. The summed E-state index contributed by atoms with van der Waals surface area (Å²) >= 11 is -1.65. The number of alkyl halides is 3. The summed E-state index contributed by atoms with van der Waals surface area (Å²) in [6.07, 6.45) is 1.43. The van der Waals surface area contributed by atoms with Crippen LogP contribution in [-0.4, -0.2) is 25.4 Å². The van der Waals surface area contributed by atoms with Crippen LogP contribution < -0.4 is 0 Å². The Labute approximate surface area is 163 Å². The predicted molar refractivity (Wildman–Crippen MR) is 106 cm³/mol. The second kappa shape index (κ2) is 7.36. The Morgan fingerprint density at radius 2 is 1.89 bits per heavy atom. The second-order valence-corrected chi connectivity index (χ2v) is 7.59. The quantitative estimate of drug-likeness (QED) is 0.430. The Morgan fingerprint density at radius 3 is 2.48 bits per heavy atom. The zero-order valence-corrected chi connectivity index (χ0v) is 15.9. The molecule has 0 bridgehead atoms. The molecule has 0 radical (unpaired) electrons. The Kier molecular flexibility index (Phi) is 5.14. The van der Waals surface area contributed by atoms with Crippen LogP contribution in [0.5, 0.6) is 0 Å². The van der Waals surface area contributed by atoms with Gasteiger partial charge in [-0.3, -0.25) is 0 Å². The molecule has 1 heterocycles. The number of benzene rings is 2. The van der Waals surface area contributed by atoms with Crippen molar-refractivity contribution in [2.75, 3.05) is 0 Å². The molecule has 136 valence electrons. The number of carbonyl (C=O) groups is 1. The molecule has 2 aromatic carbocycles. The van der Waals surface area contributed by atoms with Crippen molar-refractivity contribution in [1.82, 2.24) is 9.78 Å². The van der Waals surface area contributed by atoms with Gasteiger partial charge in [0.1, 0.15) is 11.8 Å². The van der Waals surface area contributed by atoms with E-state index in [1.54, 1.807) is 6.07 Å². The number of carboxylic acids is 1. The summed E-state index contributed by atoms with van der Waals surface area (Å²) < 4.78 is 30.4. The highest BCUT2D eigenvalue weighted by Gasteiger charge is 2.32. The third-order valence-corrected chi connectivity index (χ3v) is 5.41. The first-order valence-electron chi connectivity index (χ1n) is 7.58. The lowest BCUT2D eigenvalue weighted by atomic mass is 10.0. The van der Waals surface area contributed by atoms with Gasteiger partial charge in [-0.05, 0) is 45.0 Å². The van der Waals surface area contributed by atoms with Crippen molar-refractivity contribution < 1.29 is 18.7 Å². The molecule has 1 aromatic heterocycles. The highest BCUT2D eigenvalue weighted by Crippen LogP contribution is 2.43. The summed E-state index contributed by atoms with van der Waals surface area (Å²) in [5, 5.41) is 22.7. The first-order chi connectivity index (χ1) is 12.9. The number of hydrogen-bond acceptors (Lipinski definition) is 3. The molecule has 0 spiro atoms. The predicted octanol–water partition coefficient (Wildman–Crippen LogP) is 4.56. The topological polar surface area (TPSA) is 78.9 Å². The Balaban J connectivity index is 2.13. The van der Waals surface area contributed by atoms with Crippen LogP contribution in [0, 0.1) is 11.3 Å². The van der Waals surface area contributed by atoms with Gasteiger partial charge in [0.25, 0.3) is 0 Å². The van der Waals surface area contributed by atoms with Gasteiger partial charge < -0.3 is 5.11 Å². The van der Waals surface area contributed by atoms with Crippen molar-refractivity contribution in [3.63, 3.8) is 0 Å². The Hall–Kier alpha value is -2.93. The number of nitrogens with zero attached hydrogens (tertiary/aromatic N) is 3. The maximum atomic E-state index is 14.3. The summed E-state index contributed by atoms with van der Waals surface area (Å²) in [6, 6.07) is 13.8. The van der Waals surface area contributed by atoms with Gasteiger partial charge in [-0.25, -0.2) is 9.48 Å². The van der Waals surface area contributed by atoms with Crippen LogP contribution in [0.1, 0.15) is 21.5 Å². The van der Waals surface area contributed by atoms with Crippen molar-refractivity contribution in [3.8, 4) is 23.0 Å². The van der Waals surface area contributed by atoms with Crippen LogP contribution in [0.4, 0.5) is 8.78 Å². The highest BCUT2D eigenvalue weighted by molar-refractivity contribution is 14.2. The van der Waals surface area contributed by atoms with Crippen molar-refractivity contribution >= 4 is 31.2 Å². The van der Waals surface area contributed by atoms with E-state index in [1.807, 2.05) is 6.07 Å². The standard InChI is InChI=1S/C19H12F2IN3O2/c1-22-19(20,21)16-5-3-2-4-15(16)17-13(10-23)11-25(24-17)14-8-6-12(7-9-14)18(26)27/h2-9,11H,1H2,(H,26,27). The molecule has 1 N–H and O–H groups in total. The van der Waals surface area contributed by atoms with E-state index in [0.717, 1.165) is 0 Å². The largest absolute Gasteiger partial charge is 0.478 e. The molecule has 0 saturated carbocycles.